The fourth-order valence-electron chi connectivity index (χ4n) is 10.0. The van der Waals surface area contributed by atoms with Crippen LogP contribution in [0.4, 0.5) is 0 Å². The maximum atomic E-state index is 6.19. The number of para-hydroxylation sites is 2. The molecule has 0 saturated carbocycles. The topological polar surface area (TPSA) is 65.0 Å². The van der Waals surface area contributed by atoms with Crippen LogP contribution in [0.3, 0.4) is 0 Å². The van der Waals surface area contributed by atoms with Gasteiger partial charge in [0.2, 0.25) is 0 Å². The first-order valence-corrected chi connectivity index (χ1v) is 21.3. The Morgan fingerprint density at radius 3 is 1.32 bits per heavy atom. The van der Waals surface area contributed by atoms with Gasteiger partial charge in [-0.15, -0.1) is 0 Å². The highest BCUT2D eigenvalue weighted by molar-refractivity contribution is 6.07. The first kappa shape index (κ1) is 35.4. The summed E-state index contributed by atoms with van der Waals surface area (Å²) in [6.45, 7) is 0. The van der Waals surface area contributed by atoms with Crippen molar-refractivity contribution in [2.75, 3.05) is 0 Å². The molecule has 0 atom stereocenters. The quantitative estimate of drug-likeness (QED) is 0.167. The predicted molar refractivity (Wildman–Crippen MR) is 253 cm³/mol. The van der Waals surface area contributed by atoms with Crippen molar-refractivity contribution in [3.05, 3.63) is 235 Å². The Labute approximate surface area is 362 Å². The summed E-state index contributed by atoms with van der Waals surface area (Å²) in [7, 11) is 0. The molecule has 13 rings (SSSR count). The molecule has 12 aromatic rings. The van der Waals surface area contributed by atoms with E-state index in [2.05, 4.69) is 152 Å². The molecule has 0 aliphatic heterocycles. The van der Waals surface area contributed by atoms with Crippen molar-refractivity contribution >= 4 is 43.9 Å². The first-order valence-electron chi connectivity index (χ1n) is 21.3. The van der Waals surface area contributed by atoms with Crippen molar-refractivity contribution in [2.24, 2.45) is 0 Å². The lowest BCUT2D eigenvalue weighted by Gasteiger charge is -2.34. The highest BCUT2D eigenvalue weighted by Gasteiger charge is 2.46. The lowest BCUT2D eigenvalue weighted by Crippen LogP contribution is -2.28. The number of hydrogen-bond donors (Lipinski definition) is 0. The van der Waals surface area contributed by atoms with Gasteiger partial charge in [0, 0.05) is 38.2 Å². The largest absolute Gasteiger partial charge is 0.456 e. The van der Waals surface area contributed by atoms with Gasteiger partial charge in [-0.25, -0.2) is 15.0 Å². The van der Waals surface area contributed by atoms with Crippen LogP contribution in [-0.4, -0.2) is 15.0 Å². The van der Waals surface area contributed by atoms with Crippen molar-refractivity contribution in [1.82, 2.24) is 15.0 Å². The maximum Gasteiger partial charge on any atom is 0.164 e. The van der Waals surface area contributed by atoms with Crippen molar-refractivity contribution in [3.63, 3.8) is 0 Å². The molecular formula is C58H35N3O2. The summed E-state index contributed by atoms with van der Waals surface area (Å²) < 4.78 is 12.4. The summed E-state index contributed by atoms with van der Waals surface area (Å²) in [5.41, 5.74) is 15.4. The van der Waals surface area contributed by atoms with E-state index in [0.29, 0.717) is 17.5 Å². The molecule has 63 heavy (non-hydrogen) atoms. The molecule has 0 radical (unpaired) electrons. The molecule has 0 unspecified atom stereocenters. The predicted octanol–water partition coefficient (Wildman–Crippen LogP) is 14.7. The van der Waals surface area contributed by atoms with Crippen LogP contribution in [0, 0.1) is 0 Å². The lowest BCUT2D eigenvalue weighted by atomic mass is 9.67. The van der Waals surface area contributed by atoms with Gasteiger partial charge in [0.05, 0.1) is 5.41 Å². The minimum absolute atomic E-state index is 0.473. The Hall–Kier alpha value is -8.41. The third kappa shape index (κ3) is 5.40. The number of nitrogens with zero attached hydrogens (tertiary/aromatic N) is 3. The number of fused-ring (bicyclic) bond motifs is 9. The molecule has 0 fully saturated rings. The molecule has 294 valence electrons. The van der Waals surface area contributed by atoms with Crippen LogP contribution in [0.1, 0.15) is 22.3 Å². The Morgan fingerprint density at radius 1 is 0.302 bits per heavy atom. The van der Waals surface area contributed by atoms with Crippen LogP contribution in [0.5, 0.6) is 0 Å². The molecule has 5 nitrogen and oxygen atoms in total. The van der Waals surface area contributed by atoms with Crippen molar-refractivity contribution in [1.29, 1.82) is 0 Å². The Bertz CT molecular complexity index is 3570. The SMILES string of the molecule is c1ccc(C2(c3ccccc3)c3ccccc3-c3c(-c4ccc(-c5nc(-c6ccc7oc8ccccc8c7c6)nc(-c6ccc7oc8ccccc8c7c6)n5)cc4)cccc32)cc1. The molecule has 3 aromatic heterocycles. The average Bonchev–Trinajstić information content (AvgIpc) is 4.02. The van der Waals surface area contributed by atoms with Gasteiger partial charge < -0.3 is 8.83 Å². The van der Waals surface area contributed by atoms with E-state index < -0.39 is 5.41 Å². The van der Waals surface area contributed by atoms with Gasteiger partial charge in [-0.05, 0) is 93.0 Å². The Balaban J connectivity index is 0.968. The zero-order valence-electron chi connectivity index (χ0n) is 33.9. The van der Waals surface area contributed by atoms with Crippen LogP contribution in [0.15, 0.2) is 221 Å². The van der Waals surface area contributed by atoms with E-state index in [4.69, 9.17) is 23.8 Å². The Kier molecular flexibility index (Phi) is 7.75. The van der Waals surface area contributed by atoms with Gasteiger partial charge in [-0.3, -0.25) is 0 Å². The van der Waals surface area contributed by atoms with Gasteiger partial charge in [-0.2, -0.15) is 0 Å². The third-order valence-electron chi connectivity index (χ3n) is 12.8. The summed E-state index contributed by atoms with van der Waals surface area (Å²) >= 11 is 0. The molecule has 1 aliphatic carbocycles. The normalized spacial score (nSPS) is 12.9. The van der Waals surface area contributed by atoms with Gasteiger partial charge in [0.1, 0.15) is 22.3 Å². The fraction of sp³-hybridized carbons (Fsp3) is 0.0172. The van der Waals surface area contributed by atoms with Gasteiger partial charge in [-0.1, -0.05) is 164 Å². The van der Waals surface area contributed by atoms with Crippen molar-refractivity contribution in [3.8, 4) is 56.4 Å². The second-order valence-corrected chi connectivity index (χ2v) is 16.3. The fourth-order valence-corrected chi connectivity index (χ4v) is 10.0. The van der Waals surface area contributed by atoms with E-state index in [-0.39, 0.29) is 0 Å². The standard InChI is InChI=1S/C58H35N3O2/c1-3-14-40(15-4-1)58(41-16-5-2-6-17-41)48-22-10-7-20-45(48)54-42(21-13-23-49(54)58)36-26-28-37(29-27-36)55-59-56(38-30-32-52-46(34-38)43-18-8-11-24-50(43)62-52)61-57(60-55)39-31-33-53-47(35-39)44-19-9-12-25-51(44)63-53/h1-35H. The molecule has 1 aliphatic rings. The van der Waals surface area contributed by atoms with Crippen molar-refractivity contribution in [2.45, 2.75) is 5.41 Å². The van der Waals surface area contributed by atoms with Crippen LogP contribution < -0.4 is 0 Å². The smallest absolute Gasteiger partial charge is 0.164 e. The van der Waals surface area contributed by atoms with E-state index in [1.54, 1.807) is 0 Å². The van der Waals surface area contributed by atoms with Gasteiger partial charge in [0.25, 0.3) is 0 Å². The molecule has 5 heteroatoms. The van der Waals surface area contributed by atoms with Crippen LogP contribution in [-0.2, 0) is 5.41 Å². The van der Waals surface area contributed by atoms with E-state index in [9.17, 15) is 0 Å². The molecule has 0 spiro atoms. The number of benzene rings is 9. The molecule has 0 bridgehead atoms. The molecule has 0 N–H and O–H groups in total. The summed E-state index contributed by atoms with van der Waals surface area (Å²) in [4.78, 5) is 15.5. The van der Waals surface area contributed by atoms with E-state index in [1.807, 2.05) is 60.7 Å². The summed E-state index contributed by atoms with van der Waals surface area (Å²) in [5.74, 6) is 1.75. The average molecular weight is 806 g/mol. The van der Waals surface area contributed by atoms with E-state index >= 15 is 0 Å². The Morgan fingerprint density at radius 2 is 0.730 bits per heavy atom. The molecule has 9 aromatic carbocycles. The summed E-state index contributed by atoms with van der Waals surface area (Å²) in [6.07, 6.45) is 0. The van der Waals surface area contributed by atoms with Crippen LogP contribution >= 0.6 is 0 Å². The van der Waals surface area contributed by atoms with Gasteiger partial charge in [0.15, 0.2) is 17.5 Å². The summed E-state index contributed by atoms with van der Waals surface area (Å²) in [6, 6.07) is 74.8. The number of furan rings is 2. The summed E-state index contributed by atoms with van der Waals surface area (Å²) in [5, 5.41) is 4.14. The second kappa shape index (κ2) is 13.8. The monoisotopic (exact) mass is 805 g/mol. The minimum Gasteiger partial charge on any atom is -0.456 e. The molecule has 0 saturated heterocycles. The lowest BCUT2D eigenvalue weighted by molar-refractivity contribution is 0.668. The zero-order chi connectivity index (χ0) is 41.5. The molecular weight excluding hydrogens is 771 g/mol. The highest BCUT2D eigenvalue weighted by atomic mass is 16.3. The minimum atomic E-state index is -0.473. The highest BCUT2D eigenvalue weighted by Crippen LogP contribution is 2.58. The third-order valence-corrected chi connectivity index (χ3v) is 12.8. The number of rotatable bonds is 6. The van der Waals surface area contributed by atoms with Crippen LogP contribution in [0.2, 0.25) is 0 Å². The zero-order valence-corrected chi connectivity index (χ0v) is 33.9. The van der Waals surface area contributed by atoms with Crippen molar-refractivity contribution < 1.29 is 8.83 Å². The molecule has 3 heterocycles. The first-order chi connectivity index (χ1) is 31.2. The van der Waals surface area contributed by atoms with Gasteiger partial charge >= 0.3 is 0 Å². The number of aromatic nitrogens is 3. The van der Waals surface area contributed by atoms with E-state index in [0.717, 1.165) is 66.1 Å². The van der Waals surface area contributed by atoms with Crippen LogP contribution in [0.25, 0.3) is 100 Å². The molecule has 0 amide bonds. The number of hydrogen-bond acceptors (Lipinski definition) is 5. The second-order valence-electron chi connectivity index (χ2n) is 16.3. The van der Waals surface area contributed by atoms with E-state index in [1.165, 1.54) is 38.9 Å². The maximum absolute atomic E-state index is 6.19.